The van der Waals surface area contributed by atoms with E-state index in [2.05, 4.69) is 10.3 Å². The first kappa shape index (κ1) is 24.8. The van der Waals surface area contributed by atoms with Crippen molar-refractivity contribution in [2.75, 3.05) is 18.4 Å². The van der Waals surface area contributed by atoms with Gasteiger partial charge >= 0.3 is 0 Å². The second-order valence-electron chi connectivity index (χ2n) is 7.83. The number of aromatic nitrogens is 1. The summed E-state index contributed by atoms with van der Waals surface area (Å²) in [5.41, 5.74) is 2.95. The van der Waals surface area contributed by atoms with E-state index in [0.29, 0.717) is 29.9 Å². The van der Waals surface area contributed by atoms with Gasteiger partial charge in [-0.05, 0) is 54.1 Å². The molecule has 4 rings (SSSR count). The van der Waals surface area contributed by atoms with E-state index < -0.39 is 15.9 Å². The normalized spacial score (nSPS) is 11.7. The van der Waals surface area contributed by atoms with Crippen LogP contribution in [0.4, 0.5) is 10.1 Å². The van der Waals surface area contributed by atoms with Gasteiger partial charge in [0.05, 0.1) is 10.5 Å². The summed E-state index contributed by atoms with van der Waals surface area (Å²) < 4.78 is 40.3. The zero-order chi connectivity index (χ0) is 25.2. The van der Waals surface area contributed by atoms with Crippen molar-refractivity contribution in [3.05, 3.63) is 89.3 Å². The Morgan fingerprint density at radius 2 is 1.69 bits per heavy atom. The Hall–Kier alpha value is -3.33. The maximum Gasteiger partial charge on any atom is 0.255 e. The van der Waals surface area contributed by atoms with Crippen molar-refractivity contribution in [3.63, 3.8) is 0 Å². The minimum Gasteiger partial charge on any atom is -0.322 e. The molecule has 0 bridgehead atoms. The Morgan fingerprint density at radius 1 is 0.971 bits per heavy atom. The monoisotopic (exact) mass is 511 g/mol. The van der Waals surface area contributed by atoms with Crippen LogP contribution >= 0.6 is 11.6 Å². The molecule has 0 aliphatic rings. The van der Waals surface area contributed by atoms with Gasteiger partial charge in [0.2, 0.25) is 10.0 Å². The van der Waals surface area contributed by atoms with Crippen molar-refractivity contribution in [1.82, 2.24) is 9.29 Å². The van der Waals surface area contributed by atoms with Gasteiger partial charge in [-0.3, -0.25) is 9.78 Å². The summed E-state index contributed by atoms with van der Waals surface area (Å²) in [7, 11) is -3.79. The zero-order valence-electron chi connectivity index (χ0n) is 19.1. The van der Waals surface area contributed by atoms with Crippen molar-refractivity contribution in [2.24, 2.45) is 0 Å². The lowest BCUT2D eigenvalue weighted by Gasteiger charge is -2.19. The summed E-state index contributed by atoms with van der Waals surface area (Å²) >= 11 is 6.18. The Morgan fingerprint density at radius 3 is 2.37 bits per heavy atom. The van der Waals surface area contributed by atoms with Gasteiger partial charge in [-0.15, -0.1) is 0 Å². The minimum atomic E-state index is -3.79. The Kier molecular flexibility index (Phi) is 7.16. The highest BCUT2D eigenvalue weighted by molar-refractivity contribution is 7.89. The number of sulfonamides is 1. The van der Waals surface area contributed by atoms with Gasteiger partial charge in [-0.2, -0.15) is 4.31 Å². The average molecular weight is 512 g/mol. The molecule has 1 N–H and O–H groups in total. The lowest BCUT2D eigenvalue weighted by atomic mass is 10.0. The van der Waals surface area contributed by atoms with E-state index in [-0.39, 0.29) is 15.7 Å². The first-order valence-electron chi connectivity index (χ1n) is 11.0. The first-order valence-corrected chi connectivity index (χ1v) is 12.8. The van der Waals surface area contributed by atoms with Crippen LogP contribution in [0.15, 0.2) is 77.8 Å². The molecule has 0 aliphatic heterocycles. The fraction of sp³-hybridized carbons (Fsp3) is 0.154. The topological polar surface area (TPSA) is 79.4 Å². The largest absolute Gasteiger partial charge is 0.322 e. The van der Waals surface area contributed by atoms with E-state index in [1.54, 1.807) is 56.4 Å². The van der Waals surface area contributed by atoms with E-state index in [1.165, 1.54) is 28.6 Å². The van der Waals surface area contributed by atoms with Crippen LogP contribution in [0.5, 0.6) is 0 Å². The molecule has 0 radical (unpaired) electrons. The third kappa shape index (κ3) is 5.19. The number of anilines is 1. The Labute approximate surface area is 208 Å². The SMILES string of the molecule is CCN(CC)S(=O)(=O)c1cc(NC(=O)c2ccc3cc(-c4ccc(F)cc4)cnc3c2)ccc1Cl. The van der Waals surface area contributed by atoms with Crippen LogP contribution in [0, 0.1) is 5.82 Å². The van der Waals surface area contributed by atoms with Crippen LogP contribution in [0.2, 0.25) is 5.02 Å². The van der Waals surface area contributed by atoms with E-state index in [4.69, 9.17) is 11.6 Å². The van der Waals surface area contributed by atoms with E-state index in [1.807, 2.05) is 6.07 Å². The molecule has 1 heterocycles. The summed E-state index contributed by atoms with van der Waals surface area (Å²) in [6, 6.07) is 17.5. The molecule has 0 aliphatic carbocycles. The van der Waals surface area contributed by atoms with Gasteiger partial charge in [0.25, 0.3) is 5.91 Å². The molecule has 180 valence electrons. The van der Waals surface area contributed by atoms with Crippen molar-refractivity contribution in [2.45, 2.75) is 18.7 Å². The number of pyridine rings is 1. The van der Waals surface area contributed by atoms with Gasteiger partial charge < -0.3 is 5.32 Å². The molecular formula is C26H23ClFN3O3S. The van der Waals surface area contributed by atoms with Crippen LogP contribution in [0.25, 0.3) is 22.0 Å². The summed E-state index contributed by atoms with van der Waals surface area (Å²) in [5.74, 6) is -0.721. The fourth-order valence-electron chi connectivity index (χ4n) is 3.75. The maximum absolute atomic E-state index is 13.2. The molecular weight excluding hydrogens is 489 g/mol. The summed E-state index contributed by atoms with van der Waals surface area (Å²) in [5, 5.41) is 3.64. The third-order valence-corrected chi connectivity index (χ3v) is 8.17. The predicted molar refractivity (Wildman–Crippen MR) is 137 cm³/mol. The van der Waals surface area contributed by atoms with Crippen molar-refractivity contribution in [3.8, 4) is 11.1 Å². The van der Waals surface area contributed by atoms with Gasteiger partial charge in [0, 0.05) is 41.5 Å². The number of fused-ring (bicyclic) bond motifs is 1. The van der Waals surface area contributed by atoms with Gasteiger partial charge in [0.15, 0.2) is 0 Å². The third-order valence-electron chi connectivity index (χ3n) is 5.64. The van der Waals surface area contributed by atoms with Gasteiger partial charge in [0.1, 0.15) is 10.7 Å². The molecule has 0 fully saturated rings. The van der Waals surface area contributed by atoms with Crippen molar-refractivity contribution in [1.29, 1.82) is 0 Å². The number of carbonyl (C=O) groups is 1. The molecule has 6 nitrogen and oxygen atoms in total. The number of halogens is 2. The molecule has 0 saturated carbocycles. The van der Waals surface area contributed by atoms with Crippen LogP contribution in [0.3, 0.4) is 0 Å². The van der Waals surface area contributed by atoms with Crippen molar-refractivity contribution < 1.29 is 17.6 Å². The molecule has 0 atom stereocenters. The molecule has 0 unspecified atom stereocenters. The average Bonchev–Trinajstić information content (AvgIpc) is 2.85. The molecule has 4 aromatic rings. The zero-order valence-corrected chi connectivity index (χ0v) is 20.7. The number of hydrogen-bond acceptors (Lipinski definition) is 4. The van der Waals surface area contributed by atoms with E-state index in [0.717, 1.165) is 16.5 Å². The first-order chi connectivity index (χ1) is 16.7. The number of hydrogen-bond donors (Lipinski definition) is 1. The molecule has 35 heavy (non-hydrogen) atoms. The van der Waals surface area contributed by atoms with Crippen LogP contribution < -0.4 is 5.32 Å². The van der Waals surface area contributed by atoms with Crippen LogP contribution in [-0.2, 0) is 10.0 Å². The highest BCUT2D eigenvalue weighted by atomic mass is 35.5. The summed E-state index contributed by atoms with van der Waals surface area (Å²) in [4.78, 5) is 17.3. The molecule has 3 aromatic carbocycles. The summed E-state index contributed by atoms with van der Waals surface area (Å²) in [6.07, 6.45) is 1.67. The number of carbonyl (C=O) groups excluding carboxylic acids is 1. The highest BCUT2D eigenvalue weighted by Crippen LogP contribution is 2.28. The van der Waals surface area contributed by atoms with E-state index in [9.17, 15) is 17.6 Å². The molecule has 0 saturated heterocycles. The smallest absolute Gasteiger partial charge is 0.255 e. The second-order valence-corrected chi connectivity index (χ2v) is 10.1. The summed E-state index contributed by atoms with van der Waals surface area (Å²) in [6.45, 7) is 4.10. The fourth-order valence-corrected chi connectivity index (χ4v) is 5.71. The van der Waals surface area contributed by atoms with Crippen molar-refractivity contribution >= 4 is 44.1 Å². The lowest BCUT2D eigenvalue weighted by molar-refractivity contribution is 0.102. The van der Waals surface area contributed by atoms with Gasteiger partial charge in [-0.25, -0.2) is 12.8 Å². The Bertz CT molecular complexity index is 1500. The minimum absolute atomic E-state index is 0.0610. The number of benzene rings is 3. The number of amides is 1. The molecule has 1 amide bonds. The maximum atomic E-state index is 13.2. The number of nitrogens with one attached hydrogen (secondary N) is 1. The van der Waals surface area contributed by atoms with E-state index >= 15 is 0 Å². The quantitative estimate of drug-likeness (QED) is 0.331. The highest BCUT2D eigenvalue weighted by Gasteiger charge is 2.25. The number of rotatable bonds is 7. The molecule has 9 heteroatoms. The molecule has 1 aromatic heterocycles. The number of nitrogens with zero attached hydrogens (tertiary/aromatic N) is 2. The second kappa shape index (κ2) is 10.1. The predicted octanol–water partition coefficient (Wildman–Crippen LogP) is 5.98. The Balaban J connectivity index is 1.59. The standard InChI is InChI=1S/C26H23ClFN3O3S/c1-3-31(4-2)35(33,34)25-15-22(11-12-23(25)27)30-26(32)19-6-5-18-13-20(16-29-24(18)14-19)17-7-9-21(28)10-8-17/h5-16H,3-4H2,1-2H3,(H,30,32). The van der Waals surface area contributed by atoms with Gasteiger partial charge in [-0.1, -0.05) is 43.6 Å². The molecule has 0 spiro atoms. The van der Waals surface area contributed by atoms with Crippen LogP contribution in [0.1, 0.15) is 24.2 Å². The van der Waals surface area contributed by atoms with Crippen LogP contribution in [-0.4, -0.2) is 36.7 Å². The lowest BCUT2D eigenvalue weighted by Crippen LogP contribution is -2.30.